The lowest BCUT2D eigenvalue weighted by molar-refractivity contribution is -0.123. The van der Waals surface area contributed by atoms with Crippen LogP contribution in [0.3, 0.4) is 0 Å². The fraction of sp³-hybridized carbons (Fsp3) is 0.632. The highest BCUT2D eigenvalue weighted by Gasteiger charge is 2.21. The van der Waals surface area contributed by atoms with Gasteiger partial charge in [0.05, 0.1) is 6.04 Å². The summed E-state index contributed by atoms with van der Waals surface area (Å²) in [6, 6.07) is 6.64. The van der Waals surface area contributed by atoms with Crippen LogP contribution in [0.1, 0.15) is 55.3 Å². The first kappa shape index (κ1) is 17.0. The maximum atomic E-state index is 12.4. The molecule has 1 aromatic carbocycles. The second-order valence-electron chi connectivity index (χ2n) is 6.82. The van der Waals surface area contributed by atoms with Crippen LogP contribution in [0.4, 0.5) is 0 Å². The van der Waals surface area contributed by atoms with Crippen LogP contribution >= 0.6 is 0 Å². The van der Waals surface area contributed by atoms with Gasteiger partial charge in [-0.2, -0.15) is 0 Å². The Morgan fingerprint density at radius 2 is 1.95 bits per heavy atom. The first-order valence-electron chi connectivity index (χ1n) is 8.54. The zero-order valence-electron chi connectivity index (χ0n) is 14.5. The summed E-state index contributed by atoms with van der Waals surface area (Å²) in [5.41, 5.74) is 3.82. The summed E-state index contributed by atoms with van der Waals surface area (Å²) < 4.78 is 0. The Morgan fingerprint density at radius 3 is 2.55 bits per heavy atom. The predicted octanol–water partition coefficient (Wildman–Crippen LogP) is 3.60. The number of nitrogens with one attached hydrogen (secondary N) is 1. The second kappa shape index (κ2) is 7.77. The molecule has 0 spiro atoms. The number of rotatable bonds is 5. The molecule has 122 valence electrons. The highest BCUT2D eigenvalue weighted by Crippen LogP contribution is 2.22. The average Bonchev–Trinajstić information content (AvgIpc) is 2.50. The minimum absolute atomic E-state index is 0.137. The molecule has 0 aromatic heterocycles. The third kappa shape index (κ3) is 4.57. The van der Waals surface area contributed by atoms with Gasteiger partial charge in [0.25, 0.3) is 0 Å². The molecule has 1 fully saturated rings. The quantitative estimate of drug-likeness (QED) is 0.901. The lowest BCUT2D eigenvalue weighted by atomic mass is 9.93. The molecule has 1 atom stereocenters. The number of likely N-dealkylation sites (tertiary alicyclic amines) is 1. The van der Waals surface area contributed by atoms with Crippen molar-refractivity contribution in [2.45, 2.75) is 52.5 Å². The van der Waals surface area contributed by atoms with Crippen LogP contribution in [-0.4, -0.2) is 30.9 Å². The van der Waals surface area contributed by atoms with E-state index in [9.17, 15) is 4.79 Å². The molecule has 3 nitrogen and oxygen atoms in total. The van der Waals surface area contributed by atoms with E-state index in [4.69, 9.17) is 0 Å². The van der Waals surface area contributed by atoms with E-state index < -0.39 is 0 Å². The molecular weight excluding hydrogens is 272 g/mol. The van der Waals surface area contributed by atoms with Crippen molar-refractivity contribution in [3.8, 4) is 0 Å². The van der Waals surface area contributed by atoms with Gasteiger partial charge in [0.15, 0.2) is 0 Å². The molecular formula is C19H30N2O. The van der Waals surface area contributed by atoms with E-state index >= 15 is 0 Å². The van der Waals surface area contributed by atoms with E-state index in [0.29, 0.717) is 12.3 Å². The molecule has 1 saturated heterocycles. The number of carbonyl (C=O) groups excluding carboxylic acids is 1. The number of benzene rings is 1. The zero-order chi connectivity index (χ0) is 16.1. The molecule has 0 radical (unpaired) electrons. The monoisotopic (exact) mass is 302 g/mol. The Balaban J connectivity index is 1.91. The number of aryl methyl sites for hydroxylation is 2. The van der Waals surface area contributed by atoms with E-state index in [-0.39, 0.29) is 11.9 Å². The first-order chi connectivity index (χ1) is 10.5. The Morgan fingerprint density at radius 1 is 1.27 bits per heavy atom. The molecule has 0 bridgehead atoms. The highest BCUT2D eigenvalue weighted by molar-refractivity contribution is 5.76. The normalized spacial score (nSPS) is 18.2. The third-order valence-electron chi connectivity index (χ3n) is 4.99. The number of piperidine rings is 1. The summed E-state index contributed by atoms with van der Waals surface area (Å²) >= 11 is 0. The van der Waals surface area contributed by atoms with E-state index in [1.165, 1.54) is 16.7 Å². The average molecular weight is 302 g/mol. The van der Waals surface area contributed by atoms with Crippen LogP contribution in [-0.2, 0) is 4.79 Å². The summed E-state index contributed by atoms with van der Waals surface area (Å²) in [7, 11) is 2.16. The van der Waals surface area contributed by atoms with Gasteiger partial charge in [-0.25, -0.2) is 0 Å². The number of nitrogens with zero attached hydrogens (tertiary/aromatic N) is 1. The first-order valence-corrected chi connectivity index (χ1v) is 8.54. The summed E-state index contributed by atoms with van der Waals surface area (Å²) in [6.07, 6.45) is 3.89. The van der Waals surface area contributed by atoms with Crippen LogP contribution in [0.25, 0.3) is 0 Å². The van der Waals surface area contributed by atoms with Gasteiger partial charge in [-0.3, -0.25) is 4.79 Å². The maximum absolute atomic E-state index is 12.4. The summed E-state index contributed by atoms with van der Waals surface area (Å²) in [5, 5.41) is 3.24. The second-order valence-corrected chi connectivity index (χ2v) is 6.82. The molecule has 1 aliphatic rings. The van der Waals surface area contributed by atoms with Gasteiger partial charge in [-0.1, -0.05) is 25.1 Å². The van der Waals surface area contributed by atoms with Crippen molar-refractivity contribution in [1.82, 2.24) is 10.2 Å². The summed E-state index contributed by atoms with van der Waals surface area (Å²) in [5.74, 6) is 0.757. The SMILES string of the molecule is CC[C@@H](NC(=O)CC1CCN(C)CC1)c1ccc(C)c(C)c1. The Labute approximate surface area is 135 Å². The van der Waals surface area contributed by atoms with Gasteiger partial charge in [0, 0.05) is 6.42 Å². The van der Waals surface area contributed by atoms with Crippen molar-refractivity contribution < 1.29 is 4.79 Å². The lowest BCUT2D eigenvalue weighted by Gasteiger charge is -2.29. The Bertz CT molecular complexity index is 504. The van der Waals surface area contributed by atoms with Gasteiger partial charge in [-0.05, 0) is 75.9 Å². The molecule has 22 heavy (non-hydrogen) atoms. The van der Waals surface area contributed by atoms with Crippen LogP contribution < -0.4 is 5.32 Å². The molecule has 0 aliphatic carbocycles. The highest BCUT2D eigenvalue weighted by atomic mass is 16.1. The van der Waals surface area contributed by atoms with E-state index in [1.807, 2.05) is 0 Å². The zero-order valence-corrected chi connectivity index (χ0v) is 14.5. The number of hydrogen-bond acceptors (Lipinski definition) is 2. The fourth-order valence-corrected chi connectivity index (χ4v) is 3.18. The van der Waals surface area contributed by atoms with E-state index in [2.05, 4.69) is 56.2 Å². The smallest absolute Gasteiger partial charge is 0.220 e. The summed E-state index contributed by atoms with van der Waals surface area (Å²) in [6.45, 7) is 8.62. The molecule has 2 rings (SSSR count). The van der Waals surface area contributed by atoms with Crippen molar-refractivity contribution >= 4 is 5.91 Å². The molecule has 1 heterocycles. The topological polar surface area (TPSA) is 32.3 Å². The van der Waals surface area contributed by atoms with Gasteiger partial charge in [-0.15, -0.1) is 0 Å². The van der Waals surface area contributed by atoms with Gasteiger partial charge >= 0.3 is 0 Å². The molecule has 1 aromatic rings. The predicted molar refractivity (Wildman–Crippen MR) is 91.9 cm³/mol. The molecule has 0 saturated carbocycles. The van der Waals surface area contributed by atoms with Crippen molar-refractivity contribution in [3.63, 3.8) is 0 Å². The fourth-order valence-electron chi connectivity index (χ4n) is 3.18. The van der Waals surface area contributed by atoms with Gasteiger partial charge < -0.3 is 10.2 Å². The van der Waals surface area contributed by atoms with Crippen molar-refractivity contribution in [3.05, 3.63) is 34.9 Å². The molecule has 1 aliphatic heterocycles. The molecule has 0 unspecified atom stereocenters. The molecule has 3 heteroatoms. The van der Waals surface area contributed by atoms with Crippen molar-refractivity contribution in [2.75, 3.05) is 20.1 Å². The van der Waals surface area contributed by atoms with Crippen LogP contribution in [0.5, 0.6) is 0 Å². The van der Waals surface area contributed by atoms with E-state index in [0.717, 1.165) is 32.4 Å². The Hall–Kier alpha value is -1.35. The van der Waals surface area contributed by atoms with Crippen LogP contribution in [0, 0.1) is 19.8 Å². The van der Waals surface area contributed by atoms with Crippen molar-refractivity contribution in [2.24, 2.45) is 5.92 Å². The van der Waals surface area contributed by atoms with Crippen LogP contribution in [0.15, 0.2) is 18.2 Å². The third-order valence-corrected chi connectivity index (χ3v) is 4.99. The molecule has 1 amide bonds. The standard InChI is InChI=1S/C19H30N2O/c1-5-18(17-7-6-14(2)15(3)12-17)20-19(22)13-16-8-10-21(4)11-9-16/h6-7,12,16,18H,5,8-11,13H2,1-4H3,(H,20,22)/t18-/m1/s1. The number of amides is 1. The lowest BCUT2D eigenvalue weighted by Crippen LogP contribution is -2.34. The van der Waals surface area contributed by atoms with E-state index in [1.54, 1.807) is 0 Å². The minimum atomic E-state index is 0.137. The van der Waals surface area contributed by atoms with Gasteiger partial charge in [0.2, 0.25) is 5.91 Å². The van der Waals surface area contributed by atoms with Gasteiger partial charge in [0.1, 0.15) is 0 Å². The van der Waals surface area contributed by atoms with Crippen LogP contribution in [0.2, 0.25) is 0 Å². The Kier molecular flexibility index (Phi) is 6.01. The number of carbonyl (C=O) groups is 1. The largest absolute Gasteiger partial charge is 0.349 e. The minimum Gasteiger partial charge on any atom is -0.349 e. The summed E-state index contributed by atoms with van der Waals surface area (Å²) in [4.78, 5) is 14.7. The van der Waals surface area contributed by atoms with Crippen molar-refractivity contribution in [1.29, 1.82) is 0 Å². The number of hydrogen-bond donors (Lipinski definition) is 1. The maximum Gasteiger partial charge on any atom is 0.220 e. The molecule has 1 N–H and O–H groups in total.